The minimum atomic E-state index is -0.146. The van der Waals surface area contributed by atoms with Gasteiger partial charge in [-0.25, -0.2) is 14.6 Å². The Balaban J connectivity index is 1.47. The van der Waals surface area contributed by atoms with Gasteiger partial charge in [0.25, 0.3) is 0 Å². The molecule has 0 bridgehead atoms. The summed E-state index contributed by atoms with van der Waals surface area (Å²) in [5, 5.41) is 7.37. The van der Waals surface area contributed by atoms with Crippen LogP contribution in [0.15, 0.2) is 65.8 Å². The van der Waals surface area contributed by atoms with Gasteiger partial charge >= 0.3 is 0 Å². The molecule has 4 aromatic rings. The van der Waals surface area contributed by atoms with Crippen LogP contribution in [0.3, 0.4) is 0 Å². The number of anilines is 1. The van der Waals surface area contributed by atoms with Gasteiger partial charge in [-0.15, -0.1) is 0 Å². The average molecular weight is 372 g/mol. The van der Waals surface area contributed by atoms with Gasteiger partial charge in [0.2, 0.25) is 5.91 Å². The molecule has 1 aliphatic heterocycles. The molecule has 8 nitrogen and oxygen atoms in total. The van der Waals surface area contributed by atoms with Crippen molar-refractivity contribution in [3.05, 3.63) is 78.3 Å². The van der Waals surface area contributed by atoms with Crippen LogP contribution in [-0.2, 0) is 11.3 Å². The Kier molecular flexibility index (Phi) is 3.93. The number of furan rings is 1. The third-order valence-electron chi connectivity index (χ3n) is 4.74. The molecule has 5 heterocycles. The van der Waals surface area contributed by atoms with E-state index in [4.69, 9.17) is 4.42 Å². The quantitative estimate of drug-likeness (QED) is 0.591. The highest BCUT2D eigenvalue weighted by Crippen LogP contribution is 2.37. The minimum absolute atomic E-state index is 0.0625. The fraction of sp³-hybridized carbons (Fsp3) is 0.150. The summed E-state index contributed by atoms with van der Waals surface area (Å²) in [4.78, 5) is 25.5. The molecule has 1 amide bonds. The maximum absolute atomic E-state index is 12.3. The molecule has 28 heavy (non-hydrogen) atoms. The molecule has 0 saturated heterocycles. The summed E-state index contributed by atoms with van der Waals surface area (Å²) in [7, 11) is 0. The second-order valence-corrected chi connectivity index (χ2v) is 6.55. The monoisotopic (exact) mass is 372 g/mol. The smallest absolute Gasteiger partial charge is 0.226 e. The molecule has 8 heteroatoms. The second kappa shape index (κ2) is 6.73. The molecule has 138 valence electrons. The lowest BCUT2D eigenvalue weighted by Crippen LogP contribution is -2.25. The van der Waals surface area contributed by atoms with Gasteiger partial charge in [0, 0.05) is 36.5 Å². The van der Waals surface area contributed by atoms with Crippen molar-refractivity contribution in [2.75, 3.05) is 5.32 Å². The maximum atomic E-state index is 12.3. The predicted molar refractivity (Wildman–Crippen MR) is 100 cm³/mol. The second-order valence-electron chi connectivity index (χ2n) is 6.55. The summed E-state index contributed by atoms with van der Waals surface area (Å²) in [6.45, 7) is 0.449. The van der Waals surface area contributed by atoms with Gasteiger partial charge in [-0.3, -0.25) is 9.78 Å². The molecule has 1 N–H and O–H groups in total. The number of aromatic nitrogens is 5. The Morgan fingerprint density at radius 2 is 2.00 bits per heavy atom. The predicted octanol–water partition coefficient (Wildman–Crippen LogP) is 2.85. The molecule has 1 unspecified atom stereocenters. The molecule has 0 aliphatic carbocycles. The van der Waals surface area contributed by atoms with Crippen LogP contribution in [0, 0.1) is 0 Å². The van der Waals surface area contributed by atoms with Crippen LogP contribution in [-0.4, -0.2) is 30.6 Å². The van der Waals surface area contributed by atoms with Crippen LogP contribution < -0.4 is 5.32 Å². The lowest BCUT2D eigenvalue weighted by molar-refractivity contribution is -0.116. The number of nitrogens with zero attached hydrogens (tertiary/aromatic N) is 5. The van der Waals surface area contributed by atoms with Crippen molar-refractivity contribution in [2.45, 2.75) is 18.9 Å². The summed E-state index contributed by atoms with van der Waals surface area (Å²) >= 11 is 0. The Labute approximate surface area is 160 Å². The van der Waals surface area contributed by atoms with Gasteiger partial charge in [-0.2, -0.15) is 5.10 Å². The van der Waals surface area contributed by atoms with E-state index in [-0.39, 0.29) is 11.8 Å². The van der Waals surface area contributed by atoms with Gasteiger partial charge in [0.15, 0.2) is 5.82 Å². The topological polar surface area (TPSA) is 98.7 Å². The van der Waals surface area contributed by atoms with E-state index in [0.717, 1.165) is 16.9 Å². The van der Waals surface area contributed by atoms with Crippen molar-refractivity contribution >= 4 is 11.7 Å². The fourth-order valence-electron chi connectivity index (χ4n) is 3.38. The number of hydrogen-bond donors (Lipinski definition) is 1. The minimum Gasteiger partial charge on any atom is -0.467 e. The number of carbonyl (C=O) groups is 1. The molecule has 0 fully saturated rings. The van der Waals surface area contributed by atoms with Crippen LogP contribution in [0.5, 0.6) is 0 Å². The van der Waals surface area contributed by atoms with E-state index in [2.05, 4.69) is 25.4 Å². The van der Waals surface area contributed by atoms with E-state index >= 15 is 0 Å². The highest BCUT2D eigenvalue weighted by atomic mass is 16.3. The maximum Gasteiger partial charge on any atom is 0.226 e. The highest BCUT2D eigenvalue weighted by molar-refractivity contribution is 5.94. The van der Waals surface area contributed by atoms with E-state index in [1.54, 1.807) is 35.7 Å². The van der Waals surface area contributed by atoms with E-state index in [9.17, 15) is 4.79 Å². The fourth-order valence-corrected chi connectivity index (χ4v) is 3.38. The SMILES string of the molecule is O=C1CC(c2cnc(-c3ccccn3)nc2)c2cnn(Cc3ccco3)c2N1. The third-order valence-corrected chi connectivity index (χ3v) is 4.74. The molecule has 1 aliphatic rings. The number of amides is 1. The van der Waals surface area contributed by atoms with E-state index in [1.165, 1.54) is 0 Å². The number of nitrogens with one attached hydrogen (secondary N) is 1. The van der Waals surface area contributed by atoms with E-state index in [0.29, 0.717) is 30.3 Å². The van der Waals surface area contributed by atoms with E-state index in [1.807, 2.05) is 30.3 Å². The highest BCUT2D eigenvalue weighted by Gasteiger charge is 2.30. The number of pyridine rings is 1. The van der Waals surface area contributed by atoms with Crippen molar-refractivity contribution < 1.29 is 9.21 Å². The molecule has 0 saturated carbocycles. The van der Waals surface area contributed by atoms with Crippen LogP contribution >= 0.6 is 0 Å². The first-order valence-corrected chi connectivity index (χ1v) is 8.89. The molecule has 1 atom stereocenters. The summed E-state index contributed by atoms with van der Waals surface area (Å²) in [6.07, 6.45) is 8.95. The van der Waals surface area contributed by atoms with Crippen LogP contribution in [0.25, 0.3) is 11.5 Å². The zero-order chi connectivity index (χ0) is 18.9. The average Bonchev–Trinajstić information content (AvgIpc) is 3.39. The van der Waals surface area contributed by atoms with Crippen LogP contribution in [0.4, 0.5) is 5.82 Å². The standard InChI is InChI=1S/C20H16N6O2/c27-18-8-15(13-9-22-19(23-10-13)17-5-1-2-6-21-17)16-11-24-26(20(16)25-18)12-14-4-3-7-28-14/h1-7,9-11,15H,8,12H2,(H,25,27). The van der Waals surface area contributed by atoms with Crippen molar-refractivity contribution in [3.63, 3.8) is 0 Å². The summed E-state index contributed by atoms with van der Waals surface area (Å²) < 4.78 is 7.13. The van der Waals surface area contributed by atoms with Gasteiger partial charge in [-0.1, -0.05) is 6.07 Å². The number of carbonyl (C=O) groups excluding carboxylic acids is 1. The first-order valence-electron chi connectivity index (χ1n) is 8.89. The molecule has 0 radical (unpaired) electrons. The van der Waals surface area contributed by atoms with Crippen molar-refractivity contribution in [1.82, 2.24) is 24.7 Å². The number of rotatable bonds is 4. The van der Waals surface area contributed by atoms with Gasteiger partial charge in [0.05, 0.1) is 12.5 Å². The normalized spacial score (nSPS) is 15.9. The van der Waals surface area contributed by atoms with E-state index < -0.39 is 0 Å². The Morgan fingerprint density at radius 3 is 2.75 bits per heavy atom. The molecule has 0 aromatic carbocycles. The summed E-state index contributed by atoms with van der Waals surface area (Å²) in [6, 6.07) is 9.30. The Bertz CT molecular complexity index is 1100. The zero-order valence-electron chi connectivity index (χ0n) is 14.8. The first kappa shape index (κ1) is 16.4. The molecular formula is C20H16N6O2. The Morgan fingerprint density at radius 1 is 1.11 bits per heavy atom. The zero-order valence-corrected chi connectivity index (χ0v) is 14.8. The number of hydrogen-bond acceptors (Lipinski definition) is 6. The Hall–Kier alpha value is -3.81. The van der Waals surface area contributed by atoms with Gasteiger partial charge in [0.1, 0.15) is 23.8 Å². The molecule has 4 aromatic heterocycles. The van der Waals surface area contributed by atoms with Crippen molar-refractivity contribution in [2.24, 2.45) is 0 Å². The van der Waals surface area contributed by atoms with Crippen molar-refractivity contribution in [1.29, 1.82) is 0 Å². The van der Waals surface area contributed by atoms with Crippen LogP contribution in [0.2, 0.25) is 0 Å². The van der Waals surface area contributed by atoms with Gasteiger partial charge in [-0.05, 0) is 29.8 Å². The molecule has 0 spiro atoms. The third kappa shape index (κ3) is 2.94. The lowest BCUT2D eigenvalue weighted by Gasteiger charge is -2.23. The van der Waals surface area contributed by atoms with Crippen LogP contribution in [0.1, 0.15) is 29.2 Å². The van der Waals surface area contributed by atoms with Crippen molar-refractivity contribution in [3.8, 4) is 11.5 Å². The first-order chi connectivity index (χ1) is 13.8. The lowest BCUT2D eigenvalue weighted by atomic mass is 9.89. The largest absolute Gasteiger partial charge is 0.467 e. The summed E-state index contributed by atoms with van der Waals surface area (Å²) in [5.41, 5.74) is 2.52. The molecule has 5 rings (SSSR count). The van der Waals surface area contributed by atoms with Gasteiger partial charge < -0.3 is 9.73 Å². The molecular weight excluding hydrogens is 356 g/mol. The number of fused-ring (bicyclic) bond motifs is 1. The summed E-state index contributed by atoms with van der Waals surface area (Å²) in [5.74, 6) is 1.80.